The lowest BCUT2D eigenvalue weighted by molar-refractivity contribution is -0.140. The quantitative estimate of drug-likeness (QED) is 0.797. The molecular formula is C12H14ClFN2O3. The van der Waals surface area contributed by atoms with Crippen LogP contribution in [-0.2, 0) is 4.79 Å². The molecule has 0 radical (unpaired) electrons. The van der Waals surface area contributed by atoms with Crippen LogP contribution in [0.15, 0.2) is 18.2 Å². The second kappa shape index (κ2) is 6.38. The molecule has 0 saturated carbocycles. The molecule has 0 unspecified atom stereocenters. The topological polar surface area (TPSA) is 78.4 Å². The summed E-state index contributed by atoms with van der Waals surface area (Å²) < 4.78 is 13.4. The van der Waals surface area contributed by atoms with Gasteiger partial charge in [0, 0.05) is 0 Å². The molecule has 0 aliphatic rings. The van der Waals surface area contributed by atoms with Crippen LogP contribution >= 0.6 is 11.6 Å². The number of carboxylic acids is 1. The molecule has 0 heterocycles. The van der Waals surface area contributed by atoms with Gasteiger partial charge in [-0.05, 0) is 18.1 Å². The second-order valence-corrected chi connectivity index (χ2v) is 4.66. The maximum absolute atomic E-state index is 13.4. The molecule has 0 aromatic heterocycles. The Bertz CT molecular complexity index is 474. The predicted molar refractivity (Wildman–Crippen MR) is 69.8 cm³/mol. The average molecular weight is 289 g/mol. The van der Waals surface area contributed by atoms with Crippen molar-refractivity contribution < 1.29 is 19.1 Å². The average Bonchev–Trinajstić information content (AvgIpc) is 2.30. The molecule has 0 saturated heterocycles. The van der Waals surface area contributed by atoms with E-state index in [4.69, 9.17) is 16.7 Å². The molecule has 1 aromatic carbocycles. The van der Waals surface area contributed by atoms with E-state index in [0.29, 0.717) is 0 Å². The van der Waals surface area contributed by atoms with Gasteiger partial charge in [0.2, 0.25) is 0 Å². The van der Waals surface area contributed by atoms with Crippen molar-refractivity contribution in [1.29, 1.82) is 0 Å². The van der Waals surface area contributed by atoms with Crippen LogP contribution in [0.4, 0.5) is 14.9 Å². The third-order valence-electron chi connectivity index (χ3n) is 2.42. The molecule has 0 bridgehead atoms. The second-order valence-electron chi connectivity index (χ2n) is 4.26. The van der Waals surface area contributed by atoms with Gasteiger partial charge in [-0.2, -0.15) is 0 Å². The Kier molecular flexibility index (Phi) is 5.11. The third kappa shape index (κ3) is 4.10. The number of benzene rings is 1. The third-order valence-corrected chi connectivity index (χ3v) is 2.74. The van der Waals surface area contributed by atoms with Crippen molar-refractivity contribution in [2.75, 3.05) is 5.32 Å². The first-order valence-corrected chi connectivity index (χ1v) is 5.95. The Balaban J connectivity index is 2.78. The molecule has 1 rings (SSSR count). The predicted octanol–water partition coefficient (Wildman–Crippen LogP) is 2.71. The van der Waals surface area contributed by atoms with E-state index in [9.17, 15) is 14.0 Å². The maximum Gasteiger partial charge on any atom is 0.326 e. The summed E-state index contributed by atoms with van der Waals surface area (Å²) in [6.45, 7) is 3.30. The normalized spacial score (nSPS) is 12.1. The molecule has 3 N–H and O–H groups in total. The zero-order valence-electron chi connectivity index (χ0n) is 10.4. The number of hydrogen-bond donors (Lipinski definition) is 3. The zero-order chi connectivity index (χ0) is 14.6. The summed E-state index contributed by atoms with van der Waals surface area (Å²) in [7, 11) is 0. The Morgan fingerprint density at radius 3 is 2.47 bits per heavy atom. The Morgan fingerprint density at radius 2 is 2.00 bits per heavy atom. The van der Waals surface area contributed by atoms with E-state index in [0.717, 1.165) is 6.07 Å². The van der Waals surface area contributed by atoms with E-state index in [2.05, 4.69) is 10.6 Å². The first-order valence-electron chi connectivity index (χ1n) is 5.57. The van der Waals surface area contributed by atoms with Gasteiger partial charge < -0.3 is 15.7 Å². The molecule has 104 valence electrons. The number of rotatable bonds is 4. The van der Waals surface area contributed by atoms with Gasteiger partial charge >= 0.3 is 12.0 Å². The molecule has 0 aliphatic heterocycles. The number of carbonyl (C=O) groups is 2. The van der Waals surface area contributed by atoms with E-state index in [1.807, 2.05) is 0 Å². The first-order chi connectivity index (χ1) is 8.82. The number of nitrogens with one attached hydrogen (secondary N) is 2. The van der Waals surface area contributed by atoms with Crippen LogP contribution in [0.1, 0.15) is 13.8 Å². The van der Waals surface area contributed by atoms with Crippen LogP contribution in [0.3, 0.4) is 0 Å². The molecule has 19 heavy (non-hydrogen) atoms. The summed E-state index contributed by atoms with van der Waals surface area (Å²) in [5, 5.41) is 13.4. The lowest BCUT2D eigenvalue weighted by atomic mass is 10.1. The van der Waals surface area contributed by atoms with Crippen molar-refractivity contribution in [1.82, 2.24) is 5.32 Å². The van der Waals surface area contributed by atoms with Crippen molar-refractivity contribution in [2.24, 2.45) is 5.92 Å². The van der Waals surface area contributed by atoms with E-state index in [-0.39, 0.29) is 16.6 Å². The minimum Gasteiger partial charge on any atom is -0.480 e. The Morgan fingerprint density at radius 1 is 1.37 bits per heavy atom. The lowest BCUT2D eigenvalue weighted by Crippen LogP contribution is -2.46. The highest BCUT2D eigenvalue weighted by Gasteiger charge is 2.24. The highest BCUT2D eigenvalue weighted by atomic mass is 35.5. The van der Waals surface area contributed by atoms with Crippen LogP contribution in [0.2, 0.25) is 5.02 Å². The number of anilines is 1. The highest BCUT2D eigenvalue weighted by Crippen LogP contribution is 2.24. The van der Waals surface area contributed by atoms with Crippen LogP contribution in [0, 0.1) is 11.7 Å². The summed E-state index contributed by atoms with van der Waals surface area (Å²) in [5.41, 5.74) is -0.186. The lowest BCUT2D eigenvalue weighted by Gasteiger charge is -2.18. The van der Waals surface area contributed by atoms with Crippen molar-refractivity contribution in [2.45, 2.75) is 19.9 Å². The molecular weight excluding hydrogens is 275 g/mol. The SMILES string of the molecule is CC(C)[C@H](NC(=O)Nc1c(F)cccc1Cl)C(=O)O. The number of carboxylic acid groups (broad SMARTS) is 1. The van der Waals surface area contributed by atoms with Crippen LogP contribution < -0.4 is 10.6 Å². The van der Waals surface area contributed by atoms with Gasteiger partial charge in [-0.1, -0.05) is 31.5 Å². The number of hydrogen-bond acceptors (Lipinski definition) is 2. The van der Waals surface area contributed by atoms with E-state index >= 15 is 0 Å². The van der Waals surface area contributed by atoms with Crippen molar-refractivity contribution in [3.63, 3.8) is 0 Å². The summed E-state index contributed by atoms with van der Waals surface area (Å²) in [6.07, 6.45) is 0. The monoisotopic (exact) mass is 288 g/mol. The summed E-state index contributed by atoms with van der Waals surface area (Å²) in [5.74, 6) is -2.16. The molecule has 5 nitrogen and oxygen atoms in total. The molecule has 1 aromatic rings. The summed E-state index contributed by atoms with van der Waals surface area (Å²) in [6, 6.07) is 2.06. The van der Waals surface area contributed by atoms with Crippen LogP contribution in [-0.4, -0.2) is 23.1 Å². The van der Waals surface area contributed by atoms with Gasteiger partial charge in [0.05, 0.1) is 10.7 Å². The minimum atomic E-state index is -1.16. The first kappa shape index (κ1) is 15.2. The number of halogens is 2. The Hall–Kier alpha value is -1.82. The van der Waals surface area contributed by atoms with Crippen LogP contribution in [0.25, 0.3) is 0 Å². The summed E-state index contributed by atoms with van der Waals surface area (Å²) >= 11 is 5.74. The van der Waals surface area contributed by atoms with Crippen LogP contribution in [0.5, 0.6) is 0 Å². The fraction of sp³-hybridized carbons (Fsp3) is 0.333. The van der Waals surface area contributed by atoms with Gasteiger partial charge in [-0.15, -0.1) is 0 Å². The fourth-order valence-electron chi connectivity index (χ4n) is 1.42. The zero-order valence-corrected chi connectivity index (χ0v) is 11.2. The largest absolute Gasteiger partial charge is 0.480 e. The molecule has 0 spiro atoms. The Labute approximate surface area is 114 Å². The minimum absolute atomic E-state index is 0.0339. The fourth-order valence-corrected chi connectivity index (χ4v) is 1.63. The van der Waals surface area contributed by atoms with Gasteiger partial charge in [0.15, 0.2) is 0 Å². The summed E-state index contributed by atoms with van der Waals surface area (Å²) in [4.78, 5) is 22.5. The van der Waals surface area contributed by atoms with Gasteiger partial charge in [-0.25, -0.2) is 14.0 Å². The van der Waals surface area contributed by atoms with Crippen molar-refractivity contribution in [3.05, 3.63) is 29.0 Å². The number of para-hydroxylation sites is 1. The highest BCUT2D eigenvalue weighted by molar-refractivity contribution is 6.33. The van der Waals surface area contributed by atoms with Gasteiger partial charge in [0.1, 0.15) is 11.9 Å². The molecule has 2 amide bonds. The number of aliphatic carboxylic acids is 1. The molecule has 0 aliphatic carbocycles. The molecule has 1 atom stereocenters. The molecule has 7 heteroatoms. The van der Waals surface area contributed by atoms with E-state index in [1.54, 1.807) is 13.8 Å². The number of urea groups is 1. The van der Waals surface area contributed by atoms with Gasteiger partial charge in [0.25, 0.3) is 0 Å². The van der Waals surface area contributed by atoms with Gasteiger partial charge in [-0.3, -0.25) is 0 Å². The number of carbonyl (C=O) groups excluding carboxylic acids is 1. The van der Waals surface area contributed by atoms with Crippen molar-refractivity contribution >= 4 is 29.3 Å². The van der Waals surface area contributed by atoms with Crippen molar-refractivity contribution in [3.8, 4) is 0 Å². The number of amides is 2. The van der Waals surface area contributed by atoms with E-state index in [1.165, 1.54) is 12.1 Å². The molecule has 0 fully saturated rings. The smallest absolute Gasteiger partial charge is 0.326 e. The standard InChI is InChI=1S/C12H14ClFN2O3/c1-6(2)9(11(17)18)15-12(19)16-10-7(13)4-3-5-8(10)14/h3-6,9H,1-2H3,(H,17,18)(H2,15,16,19)/t9-/m0/s1. The van der Waals surface area contributed by atoms with E-state index < -0.39 is 23.9 Å². The maximum atomic E-state index is 13.4.